The van der Waals surface area contributed by atoms with Gasteiger partial charge < -0.3 is 4.74 Å². The number of hydrogen-bond donors (Lipinski definition) is 1. The number of aromatic amines is 1. The fourth-order valence-corrected chi connectivity index (χ4v) is 6.90. The largest absolute Gasteiger partial charge is 0.379 e. The van der Waals surface area contributed by atoms with Crippen LogP contribution < -0.4 is 0 Å². The Kier molecular flexibility index (Phi) is 5.91. The van der Waals surface area contributed by atoms with Gasteiger partial charge in [-0.05, 0) is 55.4 Å². The highest BCUT2D eigenvalue weighted by molar-refractivity contribution is 7.90. The molecule has 1 saturated heterocycles. The normalized spacial score (nSPS) is 21.9. The lowest BCUT2D eigenvalue weighted by atomic mass is 9.81. The lowest BCUT2D eigenvalue weighted by Crippen LogP contribution is -2.44. The minimum Gasteiger partial charge on any atom is -0.379 e. The molecule has 0 atom stereocenters. The first-order chi connectivity index (χ1) is 17.1. The van der Waals surface area contributed by atoms with Gasteiger partial charge >= 0.3 is 0 Å². The van der Waals surface area contributed by atoms with Crippen LogP contribution in [-0.4, -0.2) is 64.8 Å². The Morgan fingerprint density at radius 1 is 1.00 bits per heavy atom. The summed E-state index contributed by atoms with van der Waals surface area (Å²) in [5.41, 5.74) is 3.27. The maximum absolute atomic E-state index is 13.5. The molecule has 3 aromatic heterocycles. The Labute approximate surface area is 205 Å². The number of nitrogens with one attached hydrogen (secondary N) is 1. The van der Waals surface area contributed by atoms with E-state index in [-0.39, 0.29) is 4.90 Å². The molecule has 1 saturated carbocycles. The summed E-state index contributed by atoms with van der Waals surface area (Å²) in [6.07, 6.45) is 11.6. The van der Waals surface area contributed by atoms with Gasteiger partial charge in [0.25, 0.3) is 10.0 Å². The number of hydrogen-bond acceptors (Lipinski definition) is 6. The highest BCUT2D eigenvalue weighted by Gasteiger charge is 2.29. The third-order valence-electron chi connectivity index (χ3n) is 7.47. The zero-order valence-electron chi connectivity index (χ0n) is 19.5. The predicted molar refractivity (Wildman–Crippen MR) is 134 cm³/mol. The molecule has 4 heterocycles. The van der Waals surface area contributed by atoms with Crippen LogP contribution in [0.4, 0.5) is 0 Å². The number of H-pyrrole nitrogens is 1. The van der Waals surface area contributed by atoms with Gasteiger partial charge in [-0.3, -0.25) is 10.00 Å². The van der Waals surface area contributed by atoms with Gasteiger partial charge in [0.15, 0.2) is 5.65 Å². The Bertz CT molecular complexity index is 1400. The number of pyridine rings is 1. The molecule has 4 aromatic rings. The minimum atomic E-state index is -3.79. The van der Waals surface area contributed by atoms with E-state index in [0.29, 0.717) is 17.6 Å². The number of rotatable bonds is 5. The third kappa shape index (κ3) is 4.17. The lowest BCUT2D eigenvalue weighted by molar-refractivity contribution is 0.00729. The molecule has 0 bridgehead atoms. The van der Waals surface area contributed by atoms with Crippen LogP contribution in [-0.2, 0) is 14.8 Å². The Hall–Kier alpha value is -3.01. The van der Waals surface area contributed by atoms with Crippen molar-refractivity contribution < 1.29 is 13.2 Å². The molecule has 35 heavy (non-hydrogen) atoms. The SMILES string of the molecule is O=S(=O)(c1ccccc1)n1cc(-c2cn[nH]c2)c2cc([C@H]3CC[C@H](N4CCOCC4)CC3)cnc21. The molecule has 1 aromatic carbocycles. The first kappa shape index (κ1) is 22.5. The van der Waals surface area contributed by atoms with E-state index in [1.165, 1.54) is 22.4 Å². The molecule has 1 aliphatic carbocycles. The molecule has 8 nitrogen and oxygen atoms in total. The van der Waals surface area contributed by atoms with E-state index >= 15 is 0 Å². The first-order valence-electron chi connectivity index (χ1n) is 12.2. The molecule has 1 aliphatic heterocycles. The molecular weight excluding hydrogens is 462 g/mol. The molecule has 2 aliphatic rings. The smallest absolute Gasteiger partial charge is 0.269 e. The van der Waals surface area contributed by atoms with Crippen molar-refractivity contribution in [3.8, 4) is 11.1 Å². The average molecular weight is 492 g/mol. The summed E-state index contributed by atoms with van der Waals surface area (Å²) in [6.45, 7) is 3.72. The first-order valence-corrected chi connectivity index (χ1v) is 13.7. The standard InChI is InChI=1S/C26H29N5O3S/c32-35(33,23-4-2-1-3-5-23)31-18-25(21-16-28-29-17-21)24-14-20(15-27-26(24)31)19-6-8-22(9-7-19)30-10-12-34-13-11-30/h1-5,14-19,22H,6-13H2,(H,28,29)/t19-,22-. The third-order valence-corrected chi connectivity index (χ3v) is 9.14. The molecule has 6 rings (SSSR count). The van der Waals surface area contributed by atoms with Crippen LogP contribution >= 0.6 is 0 Å². The second-order valence-corrected chi connectivity index (χ2v) is 11.3. The summed E-state index contributed by atoms with van der Waals surface area (Å²) in [6, 6.07) is 11.3. The molecule has 0 unspecified atom stereocenters. The zero-order valence-corrected chi connectivity index (χ0v) is 20.3. The molecule has 2 fully saturated rings. The van der Waals surface area contributed by atoms with E-state index in [0.717, 1.165) is 55.7 Å². The fourth-order valence-electron chi connectivity index (χ4n) is 5.55. The average Bonchev–Trinajstić information content (AvgIpc) is 3.58. The lowest BCUT2D eigenvalue weighted by Gasteiger charge is -2.38. The number of fused-ring (bicyclic) bond motifs is 1. The van der Waals surface area contributed by atoms with Gasteiger partial charge in [-0.1, -0.05) is 18.2 Å². The summed E-state index contributed by atoms with van der Waals surface area (Å²) in [4.78, 5) is 7.53. The van der Waals surface area contributed by atoms with Crippen molar-refractivity contribution in [3.63, 3.8) is 0 Å². The maximum Gasteiger partial charge on any atom is 0.269 e. The number of nitrogens with zero attached hydrogens (tertiary/aromatic N) is 4. The maximum atomic E-state index is 13.5. The minimum absolute atomic E-state index is 0.239. The molecule has 0 radical (unpaired) electrons. The van der Waals surface area contributed by atoms with Gasteiger partial charge in [-0.15, -0.1) is 0 Å². The van der Waals surface area contributed by atoms with E-state index in [1.807, 2.05) is 12.3 Å². The van der Waals surface area contributed by atoms with Crippen LogP contribution in [0.2, 0.25) is 0 Å². The van der Waals surface area contributed by atoms with Crippen molar-refractivity contribution in [3.05, 3.63) is 66.7 Å². The second-order valence-electron chi connectivity index (χ2n) is 9.44. The number of aromatic nitrogens is 4. The van der Waals surface area contributed by atoms with E-state index in [2.05, 4.69) is 21.2 Å². The van der Waals surface area contributed by atoms with Gasteiger partial charge in [0.1, 0.15) is 0 Å². The van der Waals surface area contributed by atoms with E-state index in [9.17, 15) is 8.42 Å². The number of benzene rings is 1. The number of morpholine rings is 1. The summed E-state index contributed by atoms with van der Waals surface area (Å²) in [5.74, 6) is 0.426. The van der Waals surface area contributed by atoms with Crippen molar-refractivity contribution >= 4 is 21.1 Å². The summed E-state index contributed by atoms with van der Waals surface area (Å²) >= 11 is 0. The van der Waals surface area contributed by atoms with Crippen molar-refractivity contribution in [2.75, 3.05) is 26.3 Å². The van der Waals surface area contributed by atoms with E-state index in [1.54, 1.807) is 42.9 Å². The topological polar surface area (TPSA) is 93.1 Å². The monoisotopic (exact) mass is 491 g/mol. The molecular formula is C26H29N5O3S. The summed E-state index contributed by atoms with van der Waals surface area (Å²) < 4.78 is 33.8. The molecule has 0 amide bonds. The van der Waals surface area contributed by atoms with Crippen LogP contribution in [0.25, 0.3) is 22.2 Å². The van der Waals surface area contributed by atoms with Gasteiger partial charge in [0, 0.05) is 54.2 Å². The van der Waals surface area contributed by atoms with Crippen LogP contribution in [0.5, 0.6) is 0 Å². The molecule has 0 spiro atoms. The van der Waals surface area contributed by atoms with Crippen molar-refractivity contribution in [1.82, 2.24) is 24.1 Å². The second kappa shape index (κ2) is 9.22. The van der Waals surface area contributed by atoms with Gasteiger partial charge in [-0.25, -0.2) is 17.4 Å². The quantitative estimate of drug-likeness (QED) is 0.453. The fraction of sp³-hybridized carbons (Fsp3) is 0.385. The Morgan fingerprint density at radius 2 is 1.77 bits per heavy atom. The van der Waals surface area contributed by atoms with Crippen molar-refractivity contribution in [2.24, 2.45) is 0 Å². The number of ether oxygens (including phenoxy) is 1. The van der Waals surface area contributed by atoms with Crippen molar-refractivity contribution in [1.29, 1.82) is 0 Å². The van der Waals surface area contributed by atoms with Crippen molar-refractivity contribution in [2.45, 2.75) is 42.5 Å². The van der Waals surface area contributed by atoms with Crippen LogP contribution in [0.1, 0.15) is 37.2 Å². The molecule has 182 valence electrons. The summed E-state index contributed by atoms with van der Waals surface area (Å²) in [5, 5.41) is 7.76. The Balaban J connectivity index is 1.35. The summed E-state index contributed by atoms with van der Waals surface area (Å²) in [7, 11) is -3.79. The highest BCUT2D eigenvalue weighted by atomic mass is 32.2. The molecule has 9 heteroatoms. The van der Waals surface area contributed by atoms with E-state index in [4.69, 9.17) is 9.72 Å². The zero-order chi connectivity index (χ0) is 23.8. The van der Waals surface area contributed by atoms with Crippen LogP contribution in [0.3, 0.4) is 0 Å². The van der Waals surface area contributed by atoms with Crippen LogP contribution in [0.15, 0.2) is 66.1 Å². The highest BCUT2D eigenvalue weighted by Crippen LogP contribution is 2.38. The molecule has 1 N–H and O–H groups in total. The van der Waals surface area contributed by atoms with Gasteiger partial charge in [0.05, 0.1) is 24.3 Å². The predicted octanol–water partition coefficient (Wildman–Crippen LogP) is 4.02. The van der Waals surface area contributed by atoms with Crippen LogP contribution in [0, 0.1) is 0 Å². The van der Waals surface area contributed by atoms with Gasteiger partial charge in [0.2, 0.25) is 0 Å². The Morgan fingerprint density at radius 3 is 2.49 bits per heavy atom. The van der Waals surface area contributed by atoms with E-state index < -0.39 is 10.0 Å². The van der Waals surface area contributed by atoms with Gasteiger partial charge in [-0.2, -0.15) is 5.10 Å².